The van der Waals surface area contributed by atoms with Crippen LogP contribution in [0.5, 0.6) is 5.88 Å². The number of aromatic hydroxyl groups is 1. The molecular weight excluding hydrogens is 420 g/mol. The Kier molecular flexibility index (Phi) is 5.54. The van der Waals surface area contributed by atoms with Gasteiger partial charge in [0.2, 0.25) is 0 Å². The van der Waals surface area contributed by atoms with Gasteiger partial charge in [0.15, 0.2) is 11.6 Å². The molecule has 1 fully saturated rings. The van der Waals surface area contributed by atoms with Crippen LogP contribution in [0.15, 0.2) is 62.0 Å². The first-order valence-electron chi connectivity index (χ1n) is 9.38. The molecule has 6 nitrogen and oxygen atoms in total. The number of azo groups is 1. The van der Waals surface area contributed by atoms with Crippen molar-refractivity contribution in [1.82, 2.24) is 9.88 Å². The van der Waals surface area contributed by atoms with Crippen molar-refractivity contribution in [2.75, 3.05) is 13.1 Å². The Morgan fingerprint density at radius 2 is 1.75 bits per heavy atom. The number of pyridine rings is 1. The maximum Gasteiger partial charge on any atom is 0.279 e. The summed E-state index contributed by atoms with van der Waals surface area (Å²) in [7, 11) is 0. The third kappa shape index (κ3) is 4.15. The number of hydrogen-bond acceptors (Lipinski definition) is 5. The molecule has 0 aliphatic carbocycles. The Hall–Kier alpha value is -2.51. The number of benzene rings is 2. The molecule has 0 spiro atoms. The summed E-state index contributed by atoms with van der Waals surface area (Å²) in [5.74, 6) is -0.173. The van der Waals surface area contributed by atoms with Crippen molar-refractivity contribution in [2.24, 2.45) is 10.2 Å². The maximum atomic E-state index is 12.3. The summed E-state index contributed by atoms with van der Waals surface area (Å²) in [6, 6.07) is 13.2. The minimum absolute atomic E-state index is 0.173. The summed E-state index contributed by atoms with van der Waals surface area (Å²) in [6.07, 6.45) is 3.88. The molecule has 2 aromatic carbocycles. The Bertz CT molecular complexity index is 1070. The number of aromatic amines is 1. The molecule has 0 saturated carbocycles. The van der Waals surface area contributed by atoms with E-state index in [9.17, 15) is 9.90 Å². The highest BCUT2D eigenvalue weighted by molar-refractivity contribution is 9.10. The van der Waals surface area contributed by atoms with E-state index in [1.54, 1.807) is 18.2 Å². The summed E-state index contributed by atoms with van der Waals surface area (Å²) in [6.45, 7) is 3.27. The summed E-state index contributed by atoms with van der Waals surface area (Å²) < 4.78 is 0.795. The van der Waals surface area contributed by atoms with Crippen molar-refractivity contribution in [1.29, 1.82) is 0 Å². The summed E-state index contributed by atoms with van der Waals surface area (Å²) >= 11 is 3.39. The van der Waals surface area contributed by atoms with E-state index in [4.69, 9.17) is 0 Å². The zero-order chi connectivity index (χ0) is 19.5. The van der Waals surface area contributed by atoms with Crippen LogP contribution in [0.2, 0.25) is 0 Å². The minimum atomic E-state index is -0.478. The molecule has 2 heterocycles. The molecule has 144 valence electrons. The average Bonchev–Trinajstić information content (AvgIpc) is 2.69. The lowest BCUT2D eigenvalue weighted by Gasteiger charge is -2.26. The standard InChI is InChI=1S/C21H21BrN4O2/c22-15-6-9-17-18(12-15)19(21(28)23-20(17)27)25-24-16-7-4-14(5-8-16)13-26-10-2-1-3-11-26/h4-9,12H,1-3,10-11,13H2,(H2,23,27,28). The second-order valence-corrected chi connectivity index (χ2v) is 7.96. The summed E-state index contributed by atoms with van der Waals surface area (Å²) in [4.78, 5) is 17.2. The second-order valence-electron chi connectivity index (χ2n) is 7.04. The van der Waals surface area contributed by atoms with Gasteiger partial charge in [-0.25, -0.2) is 0 Å². The molecule has 0 amide bonds. The predicted molar refractivity (Wildman–Crippen MR) is 114 cm³/mol. The molecule has 1 aliphatic rings. The van der Waals surface area contributed by atoms with Crippen LogP contribution in [0.4, 0.5) is 11.4 Å². The van der Waals surface area contributed by atoms with Gasteiger partial charge in [-0.1, -0.05) is 34.5 Å². The Morgan fingerprint density at radius 1 is 1.00 bits per heavy atom. The molecule has 7 heteroatoms. The molecule has 2 N–H and O–H groups in total. The zero-order valence-corrected chi connectivity index (χ0v) is 16.9. The van der Waals surface area contributed by atoms with Gasteiger partial charge in [-0.3, -0.25) is 14.7 Å². The molecular formula is C21H21BrN4O2. The number of fused-ring (bicyclic) bond motifs is 1. The number of nitrogens with one attached hydrogen (secondary N) is 1. The average molecular weight is 441 g/mol. The Labute approximate surface area is 171 Å². The number of piperidine rings is 1. The van der Waals surface area contributed by atoms with Crippen LogP contribution < -0.4 is 5.56 Å². The first-order valence-corrected chi connectivity index (χ1v) is 10.2. The number of nitrogens with zero attached hydrogens (tertiary/aromatic N) is 3. The van der Waals surface area contributed by atoms with Gasteiger partial charge in [0.05, 0.1) is 5.69 Å². The Balaban J connectivity index is 1.57. The second kappa shape index (κ2) is 8.24. The van der Waals surface area contributed by atoms with Crippen molar-refractivity contribution >= 4 is 38.1 Å². The van der Waals surface area contributed by atoms with E-state index in [1.807, 2.05) is 12.1 Å². The highest BCUT2D eigenvalue weighted by atomic mass is 79.9. The van der Waals surface area contributed by atoms with Crippen LogP contribution in [0.3, 0.4) is 0 Å². The molecule has 28 heavy (non-hydrogen) atoms. The first-order chi connectivity index (χ1) is 13.6. The fourth-order valence-corrected chi connectivity index (χ4v) is 3.89. The van der Waals surface area contributed by atoms with Crippen LogP contribution in [-0.4, -0.2) is 28.1 Å². The van der Waals surface area contributed by atoms with Gasteiger partial charge < -0.3 is 5.11 Å². The summed E-state index contributed by atoms with van der Waals surface area (Å²) in [5.41, 5.74) is 1.62. The van der Waals surface area contributed by atoms with E-state index in [-0.39, 0.29) is 11.6 Å². The van der Waals surface area contributed by atoms with Gasteiger partial charge in [0.25, 0.3) is 5.56 Å². The third-order valence-electron chi connectivity index (χ3n) is 5.00. The predicted octanol–water partition coefficient (Wildman–Crippen LogP) is 5.40. The monoisotopic (exact) mass is 440 g/mol. The maximum absolute atomic E-state index is 12.3. The van der Waals surface area contributed by atoms with Crippen LogP contribution in [0, 0.1) is 0 Å². The molecule has 1 saturated heterocycles. The molecule has 1 aliphatic heterocycles. The SMILES string of the molecule is O=c1[nH]c(O)c2ccc(Br)cc2c1N=Nc1ccc(CN2CCCCC2)cc1. The van der Waals surface area contributed by atoms with Crippen molar-refractivity contribution < 1.29 is 5.11 Å². The van der Waals surface area contributed by atoms with E-state index in [0.717, 1.165) is 24.1 Å². The van der Waals surface area contributed by atoms with E-state index in [0.29, 0.717) is 16.5 Å². The van der Waals surface area contributed by atoms with E-state index < -0.39 is 5.56 Å². The number of aromatic nitrogens is 1. The normalized spacial score (nSPS) is 15.5. The molecule has 3 aromatic rings. The lowest BCUT2D eigenvalue weighted by atomic mass is 10.1. The fourth-order valence-electron chi connectivity index (χ4n) is 3.53. The van der Waals surface area contributed by atoms with Gasteiger partial charge in [-0.05, 0) is 61.8 Å². The van der Waals surface area contributed by atoms with Crippen LogP contribution >= 0.6 is 15.9 Å². The van der Waals surface area contributed by atoms with E-state index in [2.05, 4.69) is 48.2 Å². The molecule has 0 unspecified atom stereocenters. The molecule has 0 atom stereocenters. The quantitative estimate of drug-likeness (QED) is 0.532. The molecule has 1 aromatic heterocycles. The Morgan fingerprint density at radius 3 is 2.50 bits per heavy atom. The molecule has 0 radical (unpaired) electrons. The van der Waals surface area contributed by atoms with Crippen LogP contribution in [0.1, 0.15) is 24.8 Å². The smallest absolute Gasteiger partial charge is 0.279 e. The number of likely N-dealkylation sites (tertiary alicyclic amines) is 1. The third-order valence-corrected chi connectivity index (χ3v) is 5.49. The number of H-pyrrole nitrogens is 1. The number of rotatable bonds is 4. The van der Waals surface area contributed by atoms with E-state index in [1.165, 1.54) is 24.8 Å². The van der Waals surface area contributed by atoms with Gasteiger partial charge in [-0.2, -0.15) is 5.11 Å². The number of halogens is 1. The molecule has 4 rings (SSSR count). The lowest BCUT2D eigenvalue weighted by Crippen LogP contribution is -2.28. The lowest BCUT2D eigenvalue weighted by molar-refractivity contribution is 0.221. The van der Waals surface area contributed by atoms with Crippen LogP contribution in [0.25, 0.3) is 10.8 Å². The van der Waals surface area contributed by atoms with Gasteiger partial charge >= 0.3 is 0 Å². The molecule has 0 bridgehead atoms. The van der Waals surface area contributed by atoms with Crippen molar-refractivity contribution in [3.05, 3.63) is 62.9 Å². The van der Waals surface area contributed by atoms with Crippen molar-refractivity contribution in [3.8, 4) is 5.88 Å². The van der Waals surface area contributed by atoms with Gasteiger partial charge in [-0.15, -0.1) is 5.11 Å². The van der Waals surface area contributed by atoms with Gasteiger partial charge in [0, 0.05) is 21.8 Å². The van der Waals surface area contributed by atoms with E-state index >= 15 is 0 Å². The largest absolute Gasteiger partial charge is 0.494 e. The van der Waals surface area contributed by atoms with Crippen molar-refractivity contribution in [3.63, 3.8) is 0 Å². The minimum Gasteiger partial charge on any atom is -0.494 e. The fraction of sp³-hybridized carbons (Fsp3) is 0.286. The number of hydrogen-bond donors (Lipinski definition) is 2. The first kappa shape index (κ1) is 18.8. The van der Waals surface area contributed by atoms with Crippen LogP contribution in [-0.2, 0) is 6.54 Å². The summed E-state index contributed by atoms with van der Waals surface area (Å²) in [5, 5.41) is 19.4. The highest BCUT2D eigenvalue weighted by Gasteiger charge is 2.12. The van der Waals surface area contributed by atoms with Gasteiger partial charge in [0.1, 0.15) is 0 Å². The zero-order valence-electron chi connectivity index (χ0n) is 15.4. The topological polar surface area (TPSA) is 81.0 Å². The van der Waals surface area contributed by atoms with Crippen molar-refractivity contribution in [2.45, 2.75) is 25.8 Å². The highest BCUT2D eigenvalue weighted by Crippen LogP contribution is 2.31.